The highest BCUT2D eigenvalue weighted by molar-refractivity contribution is 6.00. The van der Waals surface area contributed by atoms with Crippen LogP contribution in [0.3, 0.4) is 0 Å². The van der Waals surface area contributed by atoms with E-state index >= 15 is 0 Å². The Kier molecular flexibility index (Phi) is 3.17. The van der Waals surface area contributed by atoms with Gasteiger partial charge in [-0.25, -0.2) is 4.39 Å². The van der Waals surface area contributed by atoms with Crippen LogP contribution in [0.5, 0.6) is 0 Å². The molecule has 21 heavy (non-hydrogen) atoms. The fourth-order valence-electron chi connectivity index (χ4n) is 2.68. The van der Waals surface area contributed by atoms with Gasteiger partial charge in [0.2, 0.25) is 0 Å². The number of nitrogens with one attached hydrogen (secondary N) is 1. The van der Waals surface area contributed by atoms with E-state index in [0.29, 0.717) is 16.7 Å². The molecule has 0 spiro atoms. The topological polar surface area (TPSA) is 66.4 Å². The third-order valence-electron chi connectivity index (χ3n) is 3.66. The summed E-state index contributed by atoms with van der Waals surface area (Å²) in [7, 11) is 0. The van der Waals surface area contributed by atoms with Gasteiger partial charge in [-0.05, 0) is 29.3 Å². The molecule has 3 rings (SSSR count). The van der Waals surface area contributed by atoms with Gasteiger partial charge in [0.05, 0.1) is 6.04 Å². The smallest absolute Gasteiger partial charge is 0.313 e. The van der Waals surface area contributed by atoms with E-state index < -0.39 is 23.7 Å². The molecule has 0 saturated carbocycles. The van der Waals surface area contributed by atoms with Crippen LogP contribution in [0, 0.1) is 5.82 Å². The SMILES string of the molecule is O=C1N[C@@H](c2ccc(F)cc2)[C@H](C(=O)O)c2ccccc21. The molecule has 0 aromatic heterocycles. The average molecular weight is 285 g/mol. The molecular weight excluding hydrogens is 273 g/mol. The molecule has 0 bridgehead atoms. The molecule has 2 aromatic rings. The number of benzene rings is 2. The summed E-state index contributed by atoms with van der Waals surface area (Å²) >= 11 is 0. The number of hydrogen-bond donors (Lipinski definition) is 2. The Balaban J connectivity index is 2.11. The second-order valence-electron chi connectivity index (χ2n) is 4.91. The van der Waals surface area contributed by atoms with Crippen molar-refractivity contribution in [3.05, 3.63) is 71.0 Å². The van der Waals surface area contributed by atoms with Crippen molar-refractivity contribution in [2.45, 2.75) is 12.0 Å². The van der Waals surface area contributed by atoms with Crippen LogP contribution in [-0.4, -0.2) is 17.0 Å². The third kappa shape index (κ3) is 2.27. The first-order chi connectivity index (χ1) is 10.1. The van der Waals surface area contributed by atoms with Crippen molar-refractivity contribution in [2.24, 2.45) is 0 Å². The number of amides is 1. The molecule has 0 aliphatic carbocycles. The Hall–Kier alpha value is -2.69. The fourth-order valence-corrected chi connectivity index (χ4v) is 2.68. The van der Waals surface area contributed by atoms with Crippen molar-refractivity contribution in [3.63, 3.8) is 0 Å². The summed E-state index contributed by atoms with van der Waals surface area (Å²) in [5, 5.41) is 12.2. The Morgan fingerprint density at radius 1 is 1.10 bits per heavy atom. The summed E-state index contributed by atoms with van der Waals surface area (Å²) in [6, 6.07) is 11.4. The van der Waals surface area contributed by atoms with E-state index in [2.05, 4.69) is 5.32 Å². The molecule has 106 valence electrons. The van der Waals surface area contributed by atoms with Crippen LogP contribution in [0.25, 0.3) is 0 Å². The lowest BCUT2D eigenvalue weighted by atomic mass is 9.81. The van der Waals surface area contributed by atoms with Crippen molar-refractivity contribution in [1.82, 2.24) is 5.32 Å². The summed E-state index contributed by atoms with van der Waals surface area (Å²) in [5.74, 6) is -2.66. The first kappa shape index (κ1) is 13.3. The van der Waals surface area contributed by atoms with Gasteiger partial charge in [0.1, 0.15) is 11.7 Å². The molecule has 2 atom stereocenters. The minimum absolute atomic E-state index is 0.322. The Labute approximate surface area is 120 Å². The molecule has 0 fully saturated rings. The zero-order valence-corrected chi connectivity index (χ0v) is 10.9. The van der Waals surface area contributed by atoms with Crippen LogP contribution in [-0.2, 0) is 4.79 Å². The van der Waals surface area contributed by atoms with Gasteiger partial charge in [-0.15, -0.1) is 0 Å². The minimum atomic E-state index is -1.03. The number of rotatable bonds is 2. The Morgan fingerprint density at radius 2 is 1.76 bits per heavy atom. The molecule has 0 radical (unpaired) electrons. The van der Waals surface area contributed by atoms with Crippen molar-refractivity contribution < 1.29 is 19.1 Å². The Morgan fingerprint density at radius 3 is 2.43 bits per heavy atom. The molecule has 2 N–H and O–H groups in total. The van der Waals surface area contributed by atoms with E-state index in [9.17, 15) is 19.1 Å². The maximum Gasteiger partial charge on any atom is 0.313 e. The number of fused-ring (bicyclic) bond motifs is 1. The van der Waals surface area contributed by atoms with Gasteiger partial charge in [-0.3, -0.25) is 9.59 Å². The number of carboxylic acid groups (broad SMARTS) is 1. The first-order valence-electron chi connectivity index (χ1n) is 6.46. The van der Waals surface area contributed by atoms with Crippen molar-refractivity contribution in [3.8, 4) is 0 Å². The van der Waals surface area contributed by atoms with Crippen molar-refractivity contribution >= 4 is 11.9 Å². The monoisotopic (exact) mass is 285 g/mol. The average Bonchev–Trinajstić information content (AvgIpc) is 2.47. The van der Waals surface area contributed by atoms with Crippen LogP contribution >= 0.6 is 0 Å². The normalized spacial score (nSPS) is 20.5. The number of aliphatic carboxylic acids is 1. The van der Waals surface area contributed by atoms with Gasteiger partial charge in [0.25, 0.3) is 5.91 Å². The third-order valence-corrected chi connectivity index (χ3v) is 3.66. The largest absolute Gasteiger partial charge is 0.481 e. The molecule has 1 amide bonds. The van der Waals surface area contributed by atoms with Gasteiger partial charge in [0.15, 0.2) is 0 Å². The highest BCUT2D eigenvalue weighted by atomic mass is 19.1. The van der Waals surface area contributed by atoms with Gasteiger partial charge in [-0.1, -0.05) is 30.3 Å². The molecule has 0 saturated heterocycles. The first-order valence-corrected chi connectivity index (χ1v) is 6.46. The maximum absolute atomic E-state index is 13.0. The Bertz CT molecular complexity index is 712. The molecule has 1 aliphatic heterocycles. The number of carbonyl (C=O) groups is 2. The fraction of sp³-hybridized carbons (Fsp3) is 0.125. The molecule has 2 aromatic carbocycles. The number of halogens is 1. The lowest BCUT2D eigenvalue weighted by molar-refractivity contribution is -0.139. The van der Waals surface area contributed by atoms with Crippen molar-refractivity contribution in [2.75, 3.05) is 0 Å². The van der Waals surface area contributed by atoms with Crippen LogP contribution < -0.4 is 5.32 Å². The van der Waals surface area contributed by atoms with Crippen LogP contribution in [0.15, 0.2) is 48.5 Å². The van der Waals surface area contributed by atoms with E-state index in [0.717, 1.165) is 0 Å². The number of carbonyl (C=O) groups excluding carboxylic acids is 1. The lowest BCUT2D eigenvalue weighted by Gasteiger charge is -2.31. The van der Waals surface area contributed by atoms with E-state index in [1.165, 1.54) is 24.3 Å². The predicted molar refractivity (Wildman–Crippen MR) is 73.4 cm³/mol. The summed E-state index contributed by atoms with van der Waals surface area (Å²) in [6.07, 6.45) is 0. The number of hydrogen-bond acceptors (Lipinski definition) is 2. The quantitative estimate of drug-likeness (QED) is 0.890. The summed E-state index contributed by atoms with van der Waals surface area (Å²) in [6.45, 7) is 0. The highest BCUT2D eigenvalue weighted by Gasteiger charge is 2.38. The minimum Gasteiger partial charge on any atom is -0.481 e. The molecule has 4 nitrogen and oxygen atoms in total. The van der Waals surface area contributed by atoms with E-state index in [1.807, 2.05) is 0 Å². The summed E-state index contributed by atoms with van der Waals surface area (Å²) < 4.78 is 13.0. The van der Waals surface area contributed by atoms with Gasteiger partial charge in [-0.2, -0.15) is 0 Å². The van der Waals surface area contributed by atoms with E-state index in [1.54, 1.807) is 24.3 Å². The summed E-state index contributed by atoms with van der Waals surface area (Å²) in [4.78, 5) is 23.8. The molecule has 0 unspecified atom stereocenters. The van der Waals surface area contributed by atoms with Crippen LogP contribution in [0.2, 0.25) is 0 Å². The van der Waals surface area contributed by atoms with Crippen LogP contribution in [0.4, 0.5) is 4.39 Å². The predicted octanol–water partition coefficient (Wildman–Crippen LogP) is 2.48. The number of carboxylic acids is 1. The highest BCUT2D eigenvalue weighted by Crippen LogP contribution is 2.37. The molecule has 5 heteroatoms. The standard InChI is InChI=1S/C16H12FNO3/c17-10-7-5-9(6-8-10)14-13(16(20)21)11-3-1-2-4-12(11)15(19)18-14/h1-8,13-14H,(H,18,19)(H,20,21)/t13-,14+/m1/s1. The van der Waals surface area contributed by atoms with Gasteiger partial charge < -0.3 is 10.4 Å². The second kappa shape index (κ2) is 5.01. The van der Waals surface area contributed by atoms with E-state index in [-0.39, 0.29) is 5.91 Å². The second-order valence-corrected chi connectivity index (χ2v) is 4.91. The van der Waals surface area contributed by atoms with Gasteiger partial charge in [0, 0.05) is 5.56 Å². The lowest BCUT2D eigenvalue weighted by Crippen LogP contribution is -2.41. The molecule has 1 aliphatic rings. The zero-order valence-electron chi connectivity index (χ0n) is 10.9. The molecule has 1 heterocycles. The van der Waals surface area contributed by atoms with Crippen molar-refractivity contribution in [1.29, 1.82) is 0 Å². The zero-order chi connectivity index (χ0) is 15.0. The maximum atomic E-state index is 13.0. The van der Waals surface area contributed by atoms with Crippen LogP contribution in [0.1, 0.15) is 33.4 Å². The van der Waals surface area contributed by atoms with E-state index in [4.69, 9.17) is 0 Å². The summed E-state index contributed by atoms with van der Waals surface area (Å²) in [5.41, 5.74) is 1.40. The van der Waals surface area contributed by atoms with Gasteiger partial charge >= 0.3 is 5.97 Å². The molecular formula is C16H12FNO3.